The number of carboxylic acids is 1. The number of rotatable bonds is 9. The van der Waals surface area contributed by atoms with Crippen molar-refractivity contribution in [3.05, 3.63) is 35.9 Å². The van der Waals surface area contributed by atoms with E-state index in [0.29, 0.717) is 25.2 Å². The number of piperidine rings is 1. The van der Waals surface area contributed by atoms with E-state index >= 15 is 0 Å². The molecule has 5 atom stereocenters. The van der Waals surface area contributed by atoms with E-state index in [-0.39, 0.29) is 24.5 Å². The lowest BCUT2D eigenvalue weighted by atomic mass is 9.83. The van der Waals surface area contributed by atoms with E-state index in [1.54, 1.807) is 30.5 Å². The first-order valence-electron chi connectivity index (χ1n) is 11.5. The number of amides is 1. The van der Waals surface area contributed by atoms with Crippen molar-refractivity contribution in [3.63, 3.8) is 0 Å². The van der Waals surface area contributed by atoms with Gasteiger partial charge in [-0.3, -0.25) is 14.9 Å². The van der Waals surface area contributed by atoms with Crippen LogP contribution in [-0.4, -0.2) is 70.1 Å². The Balaban J connectivity index is 1.72. The lowest BCUT2D eigenvalue weighted by Gasteiger charge is -2.47. The van der Waals surface area contributed by atoms with Gasteiger partial charge in [-0.2, -0.15) is 11.8 Å². The third-order valence-electron chi connectivity index (χ3n) is 6.47. The number of carbonyl (C=O) groups excluding carboxylic acids is 2. The molecule has 3 unspecified atom stereocenters. The van der Waals surface area contributed by atoms with Crippen LogP contribution in [0.3, 0.4) is 0 Å². The molecular formula is C24H34N2O5S. The predicted molar refractivity (Wildman–Crippen MR) is 125 cm³/mol. The topological polar surface area (TPSA) is 95.9 Å². The van der Waals surface area contributed by atoms with Crippen LogP contribution in [0.15, 0.2) is 30.3 Å². The summed E-state index contributed by atoms with van der Waals surface area (Å²) in [7, 11) is 0. The van der Waals surface area contributed by atoms with Crippen LogP contribution < -0.4 is 5.32 Å². The molecule has 176 valence electrons. The molecule has 2 heterocycles. The Morgan fingerprint density at radius 3 is 2.66 bits per heavy atom. The molecule has 8 heteroatoms. The SMILES string of the molecule is CCOC(=O)[C@H](CCc1ccccc1)NC(C)C(=O)N1C2CSCCC2CC[C@H]1C(=O)O. The molecular weight excluding hydrogens is 428 g/mol. The largest absolute Gasteiger partial charge is 0.480 e. The van der Waals surface area contributed by atoms with Gasteiger partial charge in [0.05, 0.1) is 12.6 Å². The highest BCUT2D eigenvalue weighted by Gasteiger charge is 2.45. The van der Waals surface area contributed by atoms with Gasteiger partial charge in [0.15, 0.2) is 0 Å². The van der Waals surface area contributed by atoms with Crippen molar-refractivity contribution in [2.45, 2.75) is 70.1 Å². The maximum absolute atomic E-state index is 13.5. The summed E-state index contributed by atoms with van der Waals surface area (Å²) >= 11 is 1.78. The van der Waals surface area contributed by atoms with Gasteiger partial charge in [0.2, 0.25) is 5.91 Å². The second-order valence-electron chi connectivity index (χ2n) is 8.59. The van der Waals surface area contributed by atoms with Gasteiger partial charge < -0.3 is 14.7 Å². The van der Waals surface area contributed by atoms with Gasteiger partial charge >= 0.3 is 11.9 Å². The minimum atomic E-state index is -0.953. The van der Waals surface area contributed by atoms with Crippen LogP contribution in [0.2, 0.25) is 0 Å². The second kappa shape index (κ2) is 11.7. The van der Waals surface area contributed by atoms with E-state index in [9.17, 15) is 19.5 Å². The number of ether oxygens (including phenoxy) is 1. The van der Waals surface area contributed by atoms with Crippen LogP contribution in [-0.2, 0) is 25.5 Å². The summed E-state index contributed by atoms with van der Waals surface area (Å²) in [5.74, 6) is 0.584. The summed E-state index contributed by atoms with van der Waals surface area (Å²) in [4.78, 5) is 39.6. The van der Waals surface area contributed by atoms with E-state index in [1.807, 2.05) is 30.3 Å². The zero-order chi connectivity index (χ0) is 23.1. The van der Waals surface area contributed by atoms with Crippen molar-refractivity contribution in [2.75, 3.05) is 18.1 Å². The molecule has 2 saturated heterocycles. The fraction of sp³-hybridized carbons (Fsp3) is 0.625. The van der Waals surface area contributed by atoms with Gasteiger partial charge in [-0.1, -0.05) is 30.3 Å². The zero-order valence-corrected chi connectivity index (χ0v) is 19.7. The molecule has 1 amide bonds. The third kappa shape index (κ3) is 6.04. The van der Waals surface area contributed by atoms with Crippen LogP contribution in [0.25, 0.3) is 0 Å². The van der Waals surface area contributed by atoms with E-state index in [2.05, 4.69) is 5.32 Å². The quantitative estimate of drug-likeness (QED) is 0.545. The maximum atomic E-state index is 13.5. The Labute approximate surface area is 194 Å². The lowest BCUT2D eigenvalue weighted by Crippen LogP contribution is -2.62. The average Bonchev–Trinajstić information content (AvgIpc) is 2.81. The normalized spacial score (nSPS) is 24.8. The molecule has 1 aromatic carbocycles. The highest BCUT2D eigenvalue weighted by atomic mass is 32.2. The summed E-state index contributed by atoms with van der Waals surface area (Å²) in [5.41, 5.74) is 1.10. The van der Waals surface area contributed by atoms with Gasteiger partial charge in [-0.15, -0.1) is 0 Å². The minimum absolute atomic E-state index is 0.0642. The van der Waals surface area contributed by atoms with Crippen molar-refractivity contribution in [2.24, 2.45) is 5.92 Å². The summed E-state index contributed by atoms with van der Waals surface area (Å²) in [5, 5.41) is 12.9. The van der Waals surface area contributed by atoms with Gasteiger partial charge in [0, 0.05) is 11.8 Å². The van der Waals surface area contributed by atoms with Crippen molar-refractivity contribution < 1.29 is 24.2 Å². The Hall–Kier alpha value is -2.06. The van der Waals surface area contributed by atoms with Crippen LogP contribution in [0, 0.1) is 5.92 Å². The molecule has 0 spiro atoms. The molecule has 2 N–H and O–H groups in total. The van der Waals surface area contributed by atoms with Gasteiger partial charge in [0.1, 0.15) is 12.1 Å². The van der Waals surface area contributed by atoms with Crippen LogP contribution in [0.5, 0.6) is 0 Å². The number of nitrogens with one attached hydrogen (secondary N) is 1. The van der Waals surface area contributed by atoms with E-state index in [0.717, 1.165) is 29.9 Å². The number of thioether (sulfide) groups is 1. The fourth-order valence-corrected chi connectivity index (χ4v) is 6.09. The number of fused-ring (bicyclic) bond motifs is 1. The average molecular weight is 463 g/mol. The lowest BCUT2D eigenvalue weighted by molar-refractivity contribution is -0.158. The Morgan fingerprint density at radius 2 is 1.97 bits per heavy atom. The predicted octanol–water partition coefficient (Wildman–Crippen LogP) is 2.73. The number of nitrogens with zero attached hydrogens (tertiary/aromatic N) is 1. The Morgan fingerprint density at radius 1 is 1.22 bits per heavy atom. The summed E-state index contributed by atoms with van der Waals surface area (Å²) in [6.45, 7) is 3.74. The summed E-state index contributed by atoms with van der Waals surface area (Å²) < 4.78 is 5.24. The van der Waals surface area contributed by atoms with Crippen molar-refractivity contribution in [1.82, 2.24) is 10.2 Å². The monoisotopic (exact) mass is 462 g/mol. The number of likely N-dealkylation sites (tertiary alicyclic amines) is 1. The number of hydrogen-bond acceptors (Lipinski definition) is 6. The van der Waals surface area contributed by atoms with Gasteiger partial charge in [-0.25, -0.2) is 4.79 Å². The molecule has 0 aliphatic carbocycles. The molecule has 7 nitrogen and oxygen atoms in total. The highest BCUT2D eigenvalue weighted by molar-refractivity contribution is 7.99. The number of benzene rings is 1. The number of hydrogen-bond donors (Lipinski definition) is 2. The second-order valence-corrected chi connectivity index (χ2v) is 9.74. The molecule has 0 saturated carbocycles. The molecule has 0 aromatic heterocycles. The molecule has 2 aliphatic rings. The van der Waals surface area contributed by atoms with E-state index in [4.69, 9.17) is 4.74 Å². The molecule has 2 aliphatic heterocycles. The molecule has 0 radical (unpaired) electrons. The number of esters is 1. The fourth-order valence-electron chi connectivity index (χ4n) is 4.78. The minimum Gasteiger partial charge on any atom is -0.480 e. The first-order chi connectivity index (χ1) is 15.4. The first kappa shape index (κ1) is 24.6. The molecule has 1 aromatic rings. The highest BCUT2D eigenvalue weighted by Crippen LogP contribution is 2.37. The van der Waals surface area contributed by atoms with E-state index in [1.165, 1.54) is 0 Å². The van der Waals surface area contributed by atoms with Crippen molar-refractivity contribution >= 4 is 29.6 Å². The van der Waals surface area contributed by atoms with Crippen LogP contribution >= 0.6 is 11.8 Å². The van der Waals surface area contributed by atoms with Crippen LogP contribution in [0.4, 0.5) is 0 Å². The third-order valence-corrected chi connectivity index (χ3v) is 7.57. The number of aliphatic carboxylic acids is 1. The van der Waals surface area contributed by atoms with Gasteiger partial charge in [0.25, 0.3) is 0 Å². The van der Waals surface area contributed by atoms with Crippen molar-refractivity contribution in [3.8, 4) is 0 Å². The number of carbonyl (C=O) groups is 3. The Kier molecular flexibility index (Phi) is 8.99. The van der Waals surface area contributed by atoms with E-state index < -0.39 is 24.1 Å². The Bertz CT molecular complexity index is 790. The number of aryl methyl sites for hydroxylation is 1. The number of carboxylic acid groups (broad SMARTS) is 1. The molecule has 0 bridgehead atoms. The van der Waals surface area contributed by atoms with Gasteiger partial charge in [-0.05, 0) is 63.2 Å². The maximum Gasteiger partial charge on any atom is 0.326 e. The standard InChI is InChI=1S/C24H34N2O5S/c1-3-31-24(30)19(11-9-17-7-5-4-6-8-17)25-16(2)22(27)26-20(23(28)29)12-10-18-13-14-32-15-21(18)26/h4-8,16,18-21,25H,3,9-15H2,1-2H3,(H,28,29)/t16?,18?,19-,20-,21?/m0/s1. The smallest absolute Gasteiger partial charge is 0.326 e. The first-order valence-corrected chi connectivity index (χ1v) is 12.7. The van der Waals surface area contributed by atoms with Crippen molar-refractivity contribution in [1.29, 1.82) is 0 Å². The zero-order valence-electron chi connectivity index (χ0n) is 18.9. The molecule has 3 rings (SSSR count). The molecule has 32 heavy (non-hydrogen) atoms. The summed E-state index contributed by atoms with van der Waals surface area (Å²) in [6, 6.07) is 7.66. The van der Waals surface area contributed by atoms with Crippen LogP contribution in [0.1, 0.15) is 45.1 Å². The summed E-state index contributed by atoms with van der Waals surface area (Å²) in [6.07, 6.45) is 3.49. The molecule has 2 fully saturated rings.